The van der Waals surface area contributed by atoms with E-state index in [0.29, 0.717) is 29.3 Å². The number of hydrogen-bond acceptors (Lipinski definition) is 5. The molecule has 6 rings (SSSR count). The van der Waals surface area contributed by atoms with Gasteiger partial charge in [0.15, 0.2) is 0 Å². The maximum atomic E-state index is 12.5. The van der Waals surface area contributed by atoms with Crippen molar-refractivity contribution < 1.29 is 19.4 Å². The highest BCUT2D eigenvalue weighted by molar-refractivity contribution is 5.96. The number of rotatable bonds is 5. The number of ether oxygens (including phenoxy) is 1. The molecule has 2 saturated heterocycles. The summed E-state index contributed by atoms with van der Waals surface area (Å²) >= 11 is 0. The van der Waals surface area contributed by atoms with Crippen molar-refractivity contribution in [2.45, 2.75) is 110 Å². The molecule has 0 radical (unpaired) electrons. The fourth-order valence-electron chi connectivity index (χ4n) is 10.7. The second-order valence-corrected chi connectivity index (χ2v) is 14.7. The normalized spacial score (nSPS) is 48.4. The predicted molar refractivity (Wildman–Crippen MR) is 150 cm³/mol. The molecule has 5 fully saturated rings. The van der Waals surface area contributed by atoms with Gasteiger partial charge in [0.25, 0.3) is 0 Å². The molecule has 0 unspecified atom stereocenters. The molecule has 0 bridgehead atoms. The second kappa shape index (κ2) is 10.1. The van der Waals surface area contributed by atoms with Gasteiger partial charge < -0.3 is 20.5 Å². The summed E-state index contributed by atoms with van der Waals surface area (Å²) in [5, 5.41) is 18.4. The predicted octanol–water partition coefficient (Wildman–Crippen LogP) is 3.91. The third-order valence-electron chi connectivity index (χ3n) is 12.7. The minimum atomic E-state index is -0.327. The molecule has 7 heteroatoms. The van der Waals surface area contributed by atoms with Crippen molar-refractivity contribution in [1.82, 2.24) is 16.0 Å². The van der Waals surface area contributed by atoms with Crippen LogP contribution >= 0.6 is 0 Å². The minimum Gasteiger partial charge on any atom is -0.395 e. The topological polar surface area (TPSA) is 99.7 Å². The van der Waals surface area contributed by atoms with Crippen LogP contribution in [-0.4, -0.2) is 54.5 Å². The third-order valence-corrected chi connectivity index (χ3v) is 12.7. The lowest BCUT2D eigenvalue weighted by molar-refractivity contribution is -0.130. The van der Waals surface area contributed by atoms with Crippen molar-refractivity contribution in [2.24, 2.45) is 46.3 Å². The van der Waals surface area contributed by atoms with E-state index in [2.05, 4.69) is 49.7 Å². The van der Waals surface area contributed by atoms with Crippen molar-refractivity contribution in [3.05, 3.63) is 11.6 Å². The number of aliphatic hydroxyl groups excluding tert-OH is 1. The Kier molecular flexibility index (Phi) is 7.20. The molecule has 2 heterocycles. The molecule has 4 N–H and O–H groups in total. The van der Waals surface area contributed by atoms with Crippen LogP contribution in [0.5, 0.6) is 0 Å². The number of piperidine rings is 1. The van der Waals surface area contributed by atoms with Crippen molar-refractivity contribution in [3.8, 4) is 0 Å². The SMILES string of the molecule is C[C@@H]1CC[C@@]2(NC1)O[C@H]1C[C@H]3[C@@H]4CC=C5C[C@@H](NC(=O)CC(=O)NCCO)CC[C@]5(C)[C@H]4CC[C@]3(C)[C@H]1[C@@H]2C. The highest BCUT2D eigenvalue weighted by Crippen LogP contribution is 2.70. The summed E-state index contributed by atoms with van der Waals surface area (Å²) in [7, 11) is 0. The molecule has 3 saturated carbocycles. The van der Waals surface area contributed by atoms with E-state index < -0.39 is 0 Å². The first-order chi connectivity index (χ1) is 18.6. The monoisotopic (exact) mass is 541 g/mol. The number of allylic oxidation sites excluding steroid dienone is 1. The van der Waals surface area contributed by atoms with Crippen LogP contribution in [0.4, 0.5) is 0 Å². The first-order valence-corrected chi connectivity index (χ1v) is 15.9. The molecule has 39 heavy (non-hydrogen) atoms. The molecule has 0 aromatic rings. The first-order valence-electron chi connectivity index (χ1n) is 15.9. The first kappa shape index (κ1) is 27.7. The number of nitrogens with one attached hydrogen (secondary N) is 3. The van der Waals surface area contributed by atoms with E-state index >= 15 is 0 Å². The average molecular weight is 542 g/mol. The van der Waals surface area contributed by atoms with Gasteiger partial charge in [0.1, 0.15) is 12.1 Å². The maximum absolute atomic E-state index is 12.5. The molecule has 2 amide bonds. The van der Waals surface area contributed by atoms with Gasteiger partial charge in [-0.15, -0.1) is 0 Å². The fourth-order valence-corrected chi connectivity index (χ4v) is 10.7. The Hall–Kier alpha value is -1.44. The molecule has 1 spiro atoms. The van der Waals surface area contributed by atoms with Crippen molar-refractivity contribution in [3.63, 3.8) is 0 Å². The molecule has 6 aliphatic rings. The van der Waals surface area contributed by atoms with Crippen LogP contribution < -0.4 is 16.0 Å². The van der Waals surface area contributed by atoms with Gasteiger partial charge in [-0.1, -0.05) is 39.3 Å². The van der Waals surface area contributed by atoms with Gasteiger partial charge in [0.2, 0.25) is 11.8 Å². The molecule has 0 aromatic carbocycles. The molecular formula is C32H51N3O4. The number of fused-ring (bicyclic) bond motifs is 7. The van der Waals surface area contributed by atoms with Gasteiger partial charge in [-0.3, -0.25) is 14.9 Å². The van der Waals surface area contributed by atoms with Crippen molar-refractivity contribution in [1.29, 1.82) is 0 Å². The molecule has 7 nitrogen and oxygen atoms in total. The Labute approximate surface area is 234 Å². The standard InChI is InChI=1S/C32H51N3O4/c1-19-7-12-32(34-18-19)20(2)29-26(39-32)16-25-23-6-5-21-15-22(35-28(38)17-27(37)33-13-14-36)8-10-30(21,3)24(23)9-11-31(25,29)4/h5,19-20,22-26,29,34,36H,6-18H2,1-4H3,(H,33,37)(H,35,38)/t19-,20+,22+,23-,24+,25+,26+,29+,30+,31+,32-/m1/s1. The van der Waals surface area contributed by atoms with Crippen LogP contribution in [0.1, 0.15) is 91.9 Å². The summed E-state index contributed by atoms with van der Waals surface area (Å²) in [6.45, 7) is 11.1. The van der Waals surface area contributed by atoms with Crippen LogP contribution in [0.25, 0.3) is 0 Å². The van der Waals surface area contributed by atoms with Crippen LogP contribution in [-0.2, 0) is 14.3 Å². The molecule has 2 aliphatic heterocycles. The second-order valence-electron chi connectivity index (χ2n) is 14.7. The highest BCUT2D eigenvalue weighted by atomic mass is 16.5. The Morgan fingerprint density at radius 1 is 1.10 bits per heavy atom. The lowest BCUT2D eigenvalue weighted by atomic mass is 9.46. The van der Waals surface area contributed by atoms with E-state index in [9.17, 15) is 9.59 Å². The Balaban J connectivity index is 1.13. The molecule has 11 atom stereocenters. The Bertz CT molecular complexity index is 1010. The summed E-state index contributed by atoms with van der Waals surface area (Å²) in [6, 6.07) is 0.106. The van der Waals surface area contributed by atoms with Crippen LogP contribution in [0.15, 0.2) is 11.6 Å². The van der Waals surface area contributed by atoms with Gasteiger partial charge >= 0.3 is 0 Å². The largest absolute Gasteiger partial charge is 0.395 e. The third kappa shape index (κ3) is 4.50. The maximum Gasteiger partial charge on any atom is 0.229 e. The quantitative estimate of drug-likeness (QED) is 0.312. The summed E-state index contributed by atoms with van der Waals surface area (Å²) < 4.78 is 7.04. The van der Waals surface area contributed by atoms with E-state index in [1.807, 2.05) is 0 Å². The smallest absolute Gasteiger partial charge is 0.229 e. The van der Waals surface area contributed by atoms with Gasteiger partial charge in [-0.25, -0.2) is 0 Å². The van der Waals surface area contributed by atoms with Crippen molar-refractivity contribution >= 4 is 11.8 Å². The number of aliphatic hydroxyl groups is 1. The molecule has 4 aliphatic carbocycles. The Morgan fingerprint density at radius 3 is 2.67 bits per heavy atom. The van der Waals surface area contributed by atoms with Crippen molar-refractivity contribution in [2.75, 3.05) is 19.7 Å². The summed E-state index contributed by atoms with van der Waals surface area (Å²) in [5.41, 5.74) is 2.02. The number of amides is 2. The molecule has 0 aromatic heterocycles. The lowest BCUT2D eigenvalue weighted by Crippen LogP contribution is -2.57. The van der Waals surface area contributed by atoms with Crippen LogP contribution in [0.2, 0.25) is 0 Å². The Morgan fingerprint density at radius 2 is 1.92 bits per heavy atom. The van der Waals surface area contributed by atoms with Gasteiger partial charge in [0.05, 0.1) is 12.7 Å². The van der Waals surface area contributed by atoms with Crippen LogP contribution in [0, 0.1) is 46.3 Å². The van der Waals surface area contributed by atoms with E-state index in [1.54, 1.807) is 0 Å². The number of carbonyl (C=O) groups is 2. The molecule has 218 valence electrons. The van der Waals surface area contributed by atoms with Gasteiger partial charge in [-0.05, 0) is 98.2 Å². The van der Waals surface area contributed by atoms with E-state index in [-0.39, 0.29) is 48.6 Å². The zero-order valence-electron chi connectivity index (χ0n) is 24.6. The van der Waals surface area contributed by atoms with E-state index in [0.717, 1.165) is 56.4 Å². The number of hydrogen-bond donors (Lipinski definition) is 4. The fraction of sp³-hybridized carbons (Fsp3) is 0.875. The van der Waals surface area contributed by atoms with E-state index in [1.165, 1.54) is 31.3 Å². The summed E-state index contributed by atoms with van der Waals surface area (Å²) in [6.07, 6.45) is 13.2. The van der Waals surface area contributed by atoms with Crippen LogP contribution in [0.3, 0.4) is 0 Å². The highest BCUT2D eigenvalue weighted by Gasteiger charge is 2.68. The summed E-state index contributed by atoms with van der Waals surface area (Å²) in [4.78, 5) is 24.4. The number of carbonyl (C=O) groups excluding carboxylic acids is 2. The van der Waals surface area contributed by atoms with Gasteiger partial charge in [0, 0.05) is 25.0 Å². The zero-order chi connectivity index (χ0) is 27.6. The van der Waals surface area contributed by atoms with E-state index in [4.69, 9.17) is 9.84 Å². The molecular weight excluding hydrogens is 490 g/mol. The zero-order valence-corrected chi connectivity index (χ0v) is 24.6. The lowest BCUT2D eigenvalue weighted by Gasteiger charge is -2.58. The van der Waals surface area contributed by atoms with Gasteiger partial charge in [-0.2, -0.15) is 0 Å². The minimum absolute atomic E-state index is 0.0966. The average Bonchev–Trinajstić information content (AvgIpc) is 3.34. The summed E-state index contributed by atoms with van der Waals surface area (Å²) in [5.74, 6) is 3.61.